The lowest BCUT2D eigenvalue weighted by Crippen LogP contribution is -2.45. The summed E-state index contributed by atoms with van der Waals surface area (Å²) in [6, 6.07) is 5.82. The maximum atomic E-state index is 12.8. The van der Waals surface area contributed by atoms with Crippen LogP contribution in [0.1, 0.15) is 12.8 Å². The fourth-order valence-corrected chi connectivity index (χ4v) is 2.19. The van der Waals surface area contributed by atoms with E-state index in [-0.39, 0.29) is 24.4 Å². The molecule has 2 rings (SSSR count). The van der Waals surface area contributed by atoms with E-state index in [2.05, 4.69) is 5.32 Å². The Morgan fingerprint density at radius 2 is 1.90 bits per heavy atom. The number of benzene rings is 1. The highest BCUT2D eigenvalue weighted by atomic mass is 19.1. The van der Waals surface area contributed by atoms with E-state index >= 15 is 0 Å². The first-order valence-corrected chi connectivity index (χ1v) is 6.71. The Balaban J connectivity index is 1.76. The van der Waals surface area contributed by atoms with E-state index in [0.717, 1.165) is 0 Å². The van der Waals surface area contributed by atoms with Gasteiger partial charge in [0.15, 0.2) is 0 Å². The Kier molecular flexibility index (Phi) is 4.97. The largest absolute Gasteiger partial charge is 0.490 e. The van der Waals surface area contributed by atoms with Gasteiger partial charge in [-0.2, -0.15) is 0 Å². The molecular weight excluding hydrogens is 279 g/mol. The monoisotopic (exact) mass is 296 g/mol. The van der Waals surface area contributed by atoms with Crippen molar-refractivity contribution in [3.05, 3.63) is 30.1 Å². The van der Waals surface area contributed by atoms with E-state index in [1.54, 1.807) is 17.0 Å². The van der Waals surface area contributed by atoms with Crippen LogP contribution in [-0.4, -0.2) is 47.7 Å². The summed E-state index contributed by atoms with van der Waals surface area (Å²) in [7, 11) is 0. The van der Waals surface area contributed by atoms with E-state index < -0.39 is 6.09 Å². The van der Waals surface area contributed by atoms with Gasteiger partial charge in [0, 0.05) is 25.9 Å². The van der Waals surface area contributed by atoms with Gasteiger partial charge in [-0.3, -0.25) is 4.79 Å². The second-order valence-corrected chi connectivity index (χ2v) is 4.81. The van der Waals surface area contributed by atoms with Crippen molar-refractivity contribution in [2.45, 2.75) is 18.9 Å². The van der Waals surface area contributed by atoms with Crippen molar-refractivity contribution in [2.75, 3.05) is 19.6 Å². The SMILES string of the molecule is O=C(O)NCC(=O)N1CCC(Oc2ccc(F)cc2)CC1. The van der Waals surface area contributed by atoms with Crippen LogP contribution in [0.3, 0.4) is 0 Å². The molecule has 1 fully saturated rings. The zero-order chi connectivity index (χ0) is 15.2. The van der Waals surface area contributed by atoms with Crippen molar-refractivity contribution in [1.82, 2.24) is 10.2 Å². The van der Waals surface area contributed by atoms with Crippen LogP contribution in [0.15, 0.2) is 24.3 Å². The molecule has 114 valence electrons. The number of rotatable bonds is 4. The van der Waals surface area contributed by atoms with E-state index in [1.165, 1.54) is 12.1 Å². The Morgan fingerprint density at radius 1 is 1.29 bits per heavy atom. The molecule has 0 unspecified atom stereocenters. The van der Waals surface area contributed by atoms with Gasteiger partial charge < -0.3 is 20.1 Å². The molecule has 2 N–H and O–H groups in total. The quantitative estimate of drug-likeness (QED) is 0.881. The summed E-state index contributed by atoms with van der Waals surface area (Å²) in [6.07, 6.45) is 0.0941. The van der Waals surface area contributed by atoms with E-state index in [1.807, 2.05) is 0 Å². The maximum absolute atomic E-state index is 12.8. The number of hydrogen-bond acceptors (Lipinski definition) is 3. The second kappa shape index (κ2) is 6.92. The number of amides is 2. The van der Waals surface area contributed by atoms with Crippen LogP contribution in [-0.2, 0) is 4.79 Å². The zero-order valence-electron chi connectivity index (χ0n) is 11.4. The van der Waals surface area contributed by atoms with Gasteiger partial charge in [-0.25, -0.2) is 9.18 Å². The molecule has 6 nitrogen and oxygen atoms in total. The average Bonchev–Trinajstić information content (AvgIpc) is 2.48. The van der Waals surface area contributed by atoms with Gasteiger partial charge >= 0.3 is 6.09 Å². The average molecular weight is 296 g/mol. The Morgan fingerprint density at radius 3 is 2.48 bits per heavy atom. The molecule has 1 aromatic rings. The number of carbonyl (C=O) groups is 2. The van der Waals surface area contributed by atoms with Gasteiger partial charge in [0.1, 0.15) is 24.2 Å². The van der Waals surface area contributed by atoms with E-state index in [9.17, 15) is 14.0 Å². The van der Waals surface area contributed by atoms with Crippen LogP contribution >= 0.6 is 0 Å². The minimum Gasteiger partial charge on any atom is -0.490 e. The lowest BCUT2D eigenvalue weighted by atomic mass is 10.1. The van der Waals surface area contributed by atoms with Crippen LogP contribution in [0.2, 0.25) is 0 Å². The molecule has 1 aliphatic heterocycles. The number of halogens is 1. The summed E-state index contributed by atoms with van der Waals surface area (Å²) >= 11 is 0. The number of nitrogens with zero attached hydrogens (tertiary/aromatic N) is 1. The highest BCUT2D eigenvalue weighted by Crippen LogP contribution is 2.19. The van der Waals surface area contributed by atoms with Crippen LogP contribution < -0.4 is 10.1 Å². The molecule has 7 heteroatoms. The second-order valence-electron chi connectivity index (χ2n) is 4.81. The molecular formula is C14H17FN2O4. The maximum Gasteiger partial charge on any atom is 0.405 e. The molecule has 2 amide bonds. The molecule has 0 saturated carbocycles. The molecule has 0 atom stereocenters. The van der Waals surface area contributed by atoms with Crippen LogP contribution in [0.5, 0.6) is 5.75 Å². The van der Waals surface area contributed by atoms with Crippen molar-refractivity contribution in [3.8, 4) is 5.75 Å². The molecule has 21 heavy (non-hydrogen) atoms. The molecule has 1 aliphatic rings. The first-order valence-electron chi connectivity index (χ1n) is 6.71. The van der Waals surface area contributed by atoms with Crippen molar-refractivity contribution < 1.29 is 23.8 Å². The molecule has 0 aliphatic carbocycles. The summed E-state index contributed by atoms with van der Waals surface area (Å²) in [5.41, 5.74) is 0. The summed E-state index contributed by atoms with van der Waals surface area (Å²) in [6.45, 7) is 0.830. The number of carbonyl (C=O) groups excluding carboxylic acids is 1. The summed E-state index contributed by atoms with van der Waals surface area (Å²) < 4.78 is 18.5. The minimum absolute atomic E-state index is 0.0213. The predicted octanol–water partition coefficient (Wildman–Crippen LogP) is 1.46. The molecule has 0 radical (unpaired) electrons. The van der Waals surface area contributed by atoms with Crippen LogP contribution in [0.4, 0.5) is 9.18 Å². The van der Waals surface area contributed by atoms with Gasteiger partial charge in [-0.05, 0) is 24.3 Å². The summed E-state index contributed by atoms with van der Waals surface area (Å²) in [5, 5.41) is 10.5. The normalized spacial score (nSPS) is 15.6. The molecule has 1 saturated heterocycles. The number of carboxylic acid groups (broad SMARTS) is 1. The third-order valence-electron chi connectivity index (χ3n) is 3.30. The third-order valence-corrected chi connectivity index (χ3v) is 3.30. The van der Waals surface area contributed by atoms with Crippen molar-refractivity contribution in [2.24, 2.45) is 0 Å². The molecule has 0 aromatic heterocycles. The fourth-order valence-electron chi connectivity index (χ4n) is 2.19. The van der Waals surface area contributed by atoms with Crippen LogP contribution in [0, 0.1) is 5.82 Å². The fraction of sp³-hybridized carbons (Fsp3) is 0.429. The van der Waals surface area contributed by atoms with E-state index in [0.29, 0.717) is 31.7 Å². The lowest BCUT2D eigenvalue weighted by Gasteiger charge is -2.32. The predicted molar refractivity (Wildman–Crippen MR) is 72.7 cm³/mol. The number of ether oxygens (including phenoxy) is 1. The van der Waals surface area contributed by atoms with Gasteiger partial charge in [0.05, 0.1) is 0 Å². The number of hydrogen-bond donors (Lipinski definition) is 2. The van der Waals surface area contributed by atoms with E-state index in [4.69, 9.17) is 9.84 Å². The first kappa shape index (κ1) is 15.1. The first-order chi connectivity index (χ1) is 10.0. The Hall–Kier alpha value is -2.31. The Labute approximate surface area is 121 Å². The highest BCUT2D eigenvalue weighted by molar-refractivity contribution is 5.81. The number of likely N-dealkylation sites (tertiary alicyclic amines) is 1. The van der Waals surface area contributed by atoms with Crippen molar-refractivity contribution in [1.29, 1.82) is 0 Å². The highest BCUT2D eigenvalue weighted by Gasteiger charge is 2.23. The minimum atomic E-state index is -1.21. The van der Waals surface area contributed by atoms with Gasteiger partial charge in [0.25, 0.3) is 0 Å². The Bertz CT molecular complexity index is 498. The molecule has 1 heterocycles. The number of piperidine rings is 1. The zero-order valence-corrected chi connectivity index (χ0v) is 11.4. The van der Waals surface area contributed by atoms with Crippen molar-refractivity contribution >= 4 is 12.0 Å². The molecule has 0 bridgehead atoms. The smallest absolute Gasteiger partial charge is 0.405 e. The van der Waals surface area contributed by atoms with Gasteiger partial charge in [0.2, 0.25) is 5.91 Å². The molecule has 0 spiro atoms. The van der Waals surface area contributed by atoms with Gasteiger partial charge in [-0.1, -0.05) is 0 Å². The van der Waals surface area contributed by atoms with Gasteiger partial charge in [-0.15, -0.1) is 0 Å². The third kappa shape index (κ3) is 4.62. The lowest BCUT2D eigenvalue weighted by molar-refractivity contribution is -0.131. The standard InChI is InChI=1S/C14H17FN2O4/c15-10-1-3-11(4-2-10)21-12-5-7-17(8-6-12)13(18)9-16-14(19)20/h1-4,12,16H,5-9H2,(H,19,20). The van der Waals surface area contributed by atoms with Crippen LogP contribution in [0.25, 0.3) is 0 Å². The summed E-state index contributed by atoms with van der Waals surface area (Å²) in [4.78, 5) is 23.7. The summed E-state index contributed by atoms with van der Waals surface area (Å²) in [5.74, 6) is 0.0556. The molecule has 1 aromatic carbocycles. The van der Waals surface area contributed by atoms with Crippen molar-refractivity contribution in [3.63, 3.8) is 0 Å². The number of nitrogens with one attached hydrogen (secondary N) is 1. The topological polar surface area (TPSA) is 78.9 Å².